The molecule has 0 saturated heterocycles. The van der Waals surface area contributed by atoms with Crippen LogP contribution in [0.15, 0.2) is 30.3 Å². The minimum Gasteiger partial charge on any atom is -0.496 e. The lowest BCUT2D eigenvalue weighted by Crippen LogP contribution is -1.96. The van der Waals surface area contributed by atoms with Crippen LogP contribution < -0.4 is 9.47 Å². The van der Waals surface area contributed by atoms with Gasteiger partial charge in [-0.15, -0.1) is 0 Å². The summed E-state index contributed by atoms with van der Waals surface area (Å²) in [6.07, 6.45) is 0.635. The number of carbonyl (C=O) groups excluding carboxylic acids is 1. The quantitative estimate of drug-likeness (QED) is 0.803. The molecule has 20 heavy (non-hydrogen) atoms. The van der Waals surface area contributed by atoms with Gasteiger partial charge in [0.1, 0.15) is 11.5 Å². The molecule has 0 bridgehead atoms. The van der Waals surface area contributed by atoms with Crippen molar-refractivity contribution in [3.8, 4) is 22.6 Å². The number of benzene rings is 2. The molecule has 0 aliphatic rings. The zero-order valence-electron chi connectivity index (χ0n) is 10.9. The highest BCUT2D eigenvalue weighted by Crippen LogP contribution is 2.36. The maximum Gasteiger partial charge on any atom is 0.159 e. The molecule has 0 heterocycles. The number of rotatable bonds is 4. The molecular formula is C15H12F2O3. The Balaban J connectivity index is 2.65. The Morgan fingerprint density at radius 2 is 1.65 bits per heavy atom. The molecule has 0 N–H and O–H groups in total. The van der Waals surface area contributed by atoms with Gasteiger partial charge in [-0.05, 0) is 29.8 Å². The molecular weight excluding hydrogens is 266 g/mol. The van der Waals surface area contributed by atoms with Crippen LogP contribution in [0.25, 0.3) is 11.1 Å². The van der Waals surface area contributed by atoms with E-state index in [9.17, 15) is 13.6 Å². The van der Waals surface area contributed by atoms with Crippen molar-refractivity contribution >= 4 is 6.29 Å². The lowest BCUT2D eigenvalue weighted by atomic mass is 10.0. The van der Waals surface area contributed by atoms with E-state index >= 15 is 0 Å². The van der Waals surface area contributed by atoms with Crippen LogP contribution in [0.1, 0.15) is 10.4 Å². The van der Waals surface area contributed by atoms with E-state index in [2.05, 4.69) is 0 Å². The van der Waals surface area contributed by atoms with Gasteiger partial charge < -0.3 is 9.47 Å². The SMILES string of the molecule is COc1cc(-c2ccc(F)c(F)c2)c(OC)cc1C=O. The average Bonchev–Trinajstić information content (AvgIpc) is 2.48. The second kappa shape index (κ2) is 5.69. The molecule has 5 heteroatoms. The summed E-state index contributed by atoms with van der Waals surface area (Å²) < 4.78 is 36.6. The molecule has 2 aromatic carbocycles. The minimum atomic E-state index is -0.956. The van der Waals surface area contributed by atoms with Crippen molar-refractivity contribution in [2.24, 2.45) is 0 Å². The summed E-state index contributed by atoms with van der Waals surface area (Å²) in [4.78, 5) is 11.0. The standard InChI is InChI=1S/C15H12F2O3/c1-19-14-7-11(15(20-2)6-10(14)8-18)9-3-4-12(16)13(17)5-9/h3-8H,1-2H3. The van der Waals surface area contributed by atoms with E-state index in [-0.39, 0.29) is 0 Å². The first-order valence-electron chi connectivity index (χ1n) is 5.77. The predicted molar refractivity (Wildman–Crippen MR) is 70.3 cm³/mol. The zero-order chi connectivity index (χ0) is 14.7. The van der Waals surface area contributed by atoms with Gasteiger partial charge in [0, 0.05) is 5.56 Å². The van der Waals surface area contributed by atoms with Crippen molar-refractivity contribution < 1.29 is 23.0 Å². The highest BCUT2D eigenvalue weighted by Gasteiger charge is 2.14. The lowest BCUT2D eigenvalue weighted by Gasteiger charge is -2.13. The fourth-order valence-corrected chi connectivity index (χ4v) is 1.90. The van der Waals surface area contributed by atoms with Crippen LogP contribution in [0.2, 0.25) is 0 Å². The summed E-state index contributed by atoms with van der Waals surface area (Å²) in [6.45, 7) is 0. The van der Waals surface area contributed by atoms with Crippen molar-refractivity contribution in [1.29, 1.82) is 0 Å². The maximum atomic E-state index is 13.3. The normalized spacial score (nSPS) is 10.2. The molecule has 0 amide bonds. The number of methoxy groups -OCH3 is 2. The summed E-state index contributed by atoms with van der Waals surface area (Å²) in [7, 11) is 2.85. The molecule has 0 fully saturated rings. The molecule has 2 aromatic rings. The van der Waals surface area contributed by atoms with Gasteiger partial charge >= 0.3 is 0 Å². The molecule has 104 valence electrons. The van der Waals surface area contributed by atoms with Crippen LogP contribution in [-0.4, -0.2) is 20.5 Å². The Morgan fingerprint density at radius 1 is 0.950 bits per heavy atom. The zero-order valence-corrected chi connectivity index (χ0v) is 10.9. The van der Waals surface area contributed by atoms with Crippen LogP contribution in [-0.2, 0) is 0 Å². The predicted octanol–water partition coefficient (Wildman–Crippen LogP) is 3.46. The third-order valence-electron chi connectivity index (χ3n) is 2.91. The van der Waals surface area contributed by atoms with Gasteiger partial charge in [-0.2, -0.15) is 0 Å². The summed E-state index contributed by atoms with van der Waals surface area (Å²) in [5.41, 5.74) is 1.25. The van der Waals surface area contributed by atoms with Crippen molar-refractivity contribution in [2.45, 2.75) is 0 Å². The highest BCUT2D eigenvalue weighted by molar-refractivity contribution is 5.84. The van der Waals surface area contributed by atoms with E-state index in [1.54, 1.807) is 6.07 Å². The third kappa shape index (κ3) is 2.47. The fourth-order valence-electron chi connectivity index (χ4n) is 1.90. The lowest BCUT2D eigenvalue weighted by molar-refractivity contribution is 0.112. The summed E-state index contributed by atoms with van der Waals surface area (Å²) in [6, 6.07) is 6.56. The van der Waals surface area contributed by atoms with Crippen molar-refractivity contribution in [3.63, 3.8) is 0 Å². The summed E-state index contributed by atoms with van der Waals surface area (Å²) in [5.74, 6) is -1.17. The van der Waals surface area contributed by atoms with Gasteiger partial charge in [-0.3, -0.25) is 4.79 Å². The third-order valence-corrected chi connectivity index (χ3v) is 2.91. The van der Waals surface area contributed by atoms with Gasteiger partial charge in [-0.1, -0.05) is 6.07 Å². The first-order valence-corrected chi connectivity index (χ1v) is 5.77. The number of aldehydes is 1. The molecule has 0 aliphatic carbocycles. The number of carbonyl (C=O) groups is 1. The Kier molecular flexibility index (Phi) is 3.98. The average molecular weight is 278 g/mol. The molecule has 3 nitrogen and oxygen atoms in total. The van der Waals surface area contributed by atoms with Crippen LogP contribution >= 0.6 is 0 Å². The second-order valence-corrected chi connectivity index (χ2v) is 4.04. The van der Waals surface area contributed by atoms with Crippen LogP contribution in [0.5, 0.6) is 11.5 Å². The molecule has 0 aliphatic heterocycles. The van der Waals surface area contributed by atoms with E-state index in [4.69, 9.17) is 9.47 Å². The molecule has 0 spiro atoms. The first kappa shape index (κ1) is 14.0. The van der Waals surface area contributed by atoms with Gasteiger partial charge in [-0.25, -0.2) is 8.78 Å². The molecule has 2 rings (SSSR count). The van der Waals surface area contributed by atoms with E-state index in [1.165, 1.54) is 26.4 Å². The van der Waals surface area contributed by atoms with E-state index in [1.807, 2.05) is 0 Å². The van der Waals surface area contributed by atoms with Gasteiger partial charge in [0.25, 0.3) is 0 Å². The van der Waals surface area contributed by atoms with Crippen LogP contribution in [0, 0.1) is 11.6 Å². The molecule has 0 atom stereocenters. The topological polar surface area (TPSA) is 35.5 Å². The highest BCUT2D eigenvalue weighted by atomic mass is 19.2. The minimum absolute atomic E-state index is 0.315. The largest absolute Gasteiger partial charge is 0.496 e. The van der Waals surface area contributed by atoms with Crippen LogP contribution in [0.3, 0.4) is 0 Å². The van der Waals surface area contributed by atoms with Crippen LogP contribution in [0.4, 0.5) is 8.78 Å². The Morgan fingerprint density at radius 3 is 2.20 bits per heavy atom. The number of ether oxygens (including phenoxy) is 2. The van der Waals surface area contributed by atoms with Gasteiger partial charge in [0.05, 0.1) is 19.8 Å². The second-order valence-electron chi connectivity index (χ2n) is 4.04. The smallest absolute Gasteiger partial charge is 0.159 e. The fraction of sp³-hybridized carbons (Fsp3) is 0.133. The van der Waals surface area contributed by atoms with Crippen molar-refractivity contribution in [2.75, 3.05) is 14.2 Å². The Hall–Kier alpha value is -2.43. The Labute approximate surface area is 114 Å². The van der Waals surface area contributed by atoms with Gasteiger partial charge in [0.15, 0.2) is 17.9 Å². The molecule has 0 saturated carbocycles. The maximum absolute atomic E-state index is 13.3. The van der Waals surface area contributed by atoms with Crippen molar-refractivity contribution in [3.05, 3.63) is 47.5 Å². The monoisotopic (exact) mass is 278 g/mol. The number of hydrogen-bond donors (Lipinski definition) is 0. The number of halogens is 2. The van der Waals surface area contributed by atoms with E-state index in [0.717, 1.165) is 12.1 Å². The van der Waals surface area contributed by atoms with Gasteiger partial charge in [0.2, 0.25) is 0 Å². The summed E-state index contributed by atoms with van der Waals surface area (Å²) in [5, 5.41) is 0. The molecule has 0 unspecified atom stereocenters. The van der Waals surface area contributed by atoms with E-state index in [0.29, 0.717) is 34.5 Å². The number of hydrogen-bond acceptors (Lipinski definition) is 3. The summed E-state index contributed by atoms with van der Waals surface area (Å²) >= 11 is 0. The van der Waals surface area contributed by atoms with E-state index < -0.39 is 11.6 Å². The first-order chi connectivity index (χ1) is 9.60. The molecule has 0 aromatic heterocycles. The molecule has 0 radical (unpaired) electrons. The van der Waals surface area contributed by atoms with Crippen molar-refractivity contribution in [1.82, 2.24) is 0 Å². The Bertz CT molecular complexity index is 654.